The van der Waals surface area contributed by atoms with Crippen molar-refractivity contribution in [2.45, 2.75) is 126 Å². The Morgan fingerprint density at radius 2 is 0.466 bits per heavy atom. The zero-order chi connectivity index (χ0) is 82.9. The first-order valence-electron chi connectivity index (χ1n) is 38.5. The molecule has 0 heterocycles. The second-order valence-electron chi connectivity index (χ2n) is 26.6. The maximum Gasteiger partial charge on any atom is 0.343 e. The molecule has 0 aliphatic rings. The maximum absolute atomic E-state index is 14.8. The van der Waals surface area contributed by atoms with Crippen molar-refractivity contribution in [3.63, 3.8) is 0 Å². The third-order valence-electron chi connectivity index (χ3n) is 18.3. The second kappa shape index (κ2) is 47.3. The lowest BCUT2D eigenvalue weighted by atomic mass is 9.71. The van der Waals surface area contributed by atoms with Gasteiger partial charge in [-0.1, -0.05) is 99.1 Å². The SMILES string of the molecule is C=CC(=O)OCCCCCCOc1ccc(C(O)(c2ccc(OCCCCCCOC(=O)C=C)cc2OC(=O)c2ccccc2)[C@H](O)[C@@H](O)C(O)(c2ccc(OCCCCCCOC(=O)C=C)cc2OC(=O)c2ccccc2)c2ccc(OCCCCCCOC(=O)C=C)cc2OC(=O)c2ccccc2)c(OC(=O)c2ccccc2)c1. The van der Waals surface area contributed by atoms with Gasteiger partial charge in [-0.25, -0.2) is 38.4 Å². The molecular weight excluding hydrogens is 1490 g/mol. The second-order valence-corrected chi connectivity index (χ2v) is 26.6. The number of carbonyl (C=O) groups excluding carboxylic acids is 8. The van der Waals surface area contributed by atoms with E-state index in [0.717, 1.165) is 24.3 Å². The molecule has 116 heavy (non-hydrogen) atoms. The van der Waals surface area contributed by atoms with Crippen LogP contribution >= 0.6 is 0 Å². The van der Waals surface area contributed by atoms with Crippen molar-refractivity contribution < 1.29 is 116 Å². The van der Waals surface area contributed by atoms with E-state index >= 15 is 0 Å². The Labute approximate surface area is 674 Å². The van der Waals surface area contributed by atoms with Crippen LogP contribution in [0.4, 0.5) is 0 Å². The van der Waals surface area contributed by atoms with Gasteiger partial charge in [-0.15, -0.1) is 0 Å². The molecule has 8 rings (SSSR count). The Balaban J connectivity index is 1.36. The Morgan fingerprint density at radius 1 is 0.276 bits per heavy atom. The van der Waals surface area contributed by atoms with Gasteiger partial charge in [-0.2, -0.15) is 0 Å². The Kier molecular flexibility index (Phi) is 36.3. The highest BCUT2D eigenvalue weighted by molar-refractivity contribution is 5.94. The van der Waals surface area contributed by atoms with E-state index < -0.39 is 116 Å². The van der Waals surface area contributed by atoms with E-state index in [1.54, 1.807) is 72.8 Å². The van der Waals surface area contributed by atoms with Crippen LogP contribution in [0.15, 0.2) is 245 Å². The molecule has 610 valence electrons. The van der Waals surface area contributed by atoms with Gasteiger partial charge in [-0.05, 0) is 200 Å². The first-order chi connectivity index (χ1) is 56.3. The van der Waals surface area contributed by atoms with Gasteiger partial charge < -0.3 is 77.3 Å². The lowest BCUT2D eigenvalue weighted by Crippen LogP contribution is -2.56. The molecule has 0 spiro atoms. The topological polar surface area (TPSA) is 328 Å². The molecule has 0 bridgehead atoms. The van der Waals surface area contributed by atoms with Gasteiger partial charge in [0.1, 0.15) is 58.2 Å². The Hall–Kier alpha value is -12.5. The summed E-state index contributed by atoms with van der Waals surface area (Å²) >= 11 is 0. The first-order valence-corrected chi connectivity index (χ1v) is 38.5. The van der Waals surface area contributed by atoms with Crippen molar-refractivity contribution in [3.8, 4) is 46.0 Å². The summed E-state index contributed by atoms with van der Waals surface area (Å²) < 4.78 is 71.0. The van der Waals surface area contributed by atoms with Gasteiger partial charge in [0.05, 0.1) is 75.1 Å². The average Bonchev–Trinajstić information content (AvgIpc) is 0.720. The maximum atomic E-state index is 14.8. The molecule has 0 unspecified atom stereocenters. The van der Waals surface area contributed by atoms with Crippen LogP contribution in [0.5, 0.6) is 46.0 Å². The summed E-state index contributed by atoms with van der Waals surface area (Å²) in [5, 5.41) is 58.2. The largest absolute Gasteiger partial charge is 0.493 e. The van der Waals surface area contributed by atoms with E-state index in [0.29, 0.717) is 103 Å². The number of unbranched alkanes of at least 4 members (excludes halogenated alkanes) is 12. The normalized spacial score (nSPS) is 11.6. The molecule has 24 heteroatoms. The van der Waals surface area contributed by atoms with Gasteiger partial charge >= 0.3 is 47.8 Å². The number of hydrogen-bond donors (Lipinski definition) is 4. The van der Waals surface area contributed by atoms with Crippen LogP contribution < -0.4 is 37.9 Å². The van der Waals surface area contributed by atoms with Crippen LogP contribution in [0.3, 0.4) is 0 Å². The number of aliphatic hydroxyl groups is 4. The van der Waals surface area contributed by atoms with E-state index in [9.17, 15) is 58.8 Å². The van der Waals surface area contributed by atoms with Crippen LogP contribution in [0, 0.1) is 0 Å². The lowest BCUT2D eigenvalue weighted by Gasteiger charge is -2.44. The third-order valence-corrected chi connectivity index (χ3v) is 18.3. The molecular formula is C92H98O24. The summed E-state index contributed by atoms with van der Waals surface area (Å²) in [4.78, 5) is 106. The highest BCUT2D eigenvalue weighted by Gasteiger charge is 2.56. The zero-order valence-corrected chi connectivity index (χ0v) is 64.7. The fourth-order valence-corrected chi connectivity index (χ4v) is 12.2. The number of benzene rings is 8. The smallest absolute Gasteiger partial charge is 0.343 e. The summed E-state index contributed by atoms with van der Waals surface area (Å²) in [5.41, 5.74) is -8.79. The molecule has 8 aromatic carbocycles. The summed E-state index contributed by atoms with van der Waals surface area (Å²) in [6.45, 7) is 14.7. The van der Waals surface area contributed by atoms with Gasteiger partial charge in [0.15, 0.2) is 11.2 Å². The summed E-state index contributed by atoms with van der Waals surface area (Å²) in [7, 11) is 0. The van der Waals surface area contributed by atoms with Crippen molar-refractivity contribution in [2.75, 3.05) is 52.9 Å². The summed E-state index contributed by atoms with van der Waals surface area (Å²) in [6.07, 6.45) is 7.60. The number of aliphatic hydroxyl groups excluding tert-OH is 2. The molecule has 0 radical (unpaired) electrons. The van der Waals surface area contributed by atoms with Crippen LogP contribution in [-0.4, -0.2) is 133 Å². The molecule has 2 atom stereocenters. The first kappa shape index (κ1) is 89.1. The predicted octanol–water partition coefficient (Wildman–Crippen LogP) is 15.1. The van der Waals surface area contributed by atoms with Crippen molar-refractivity contribution in [1.82, 2.24) is 0 Å². The van der Waals surface area contributed by atoms with E-state index in [4.69, 9.17) is 56.8 Å². The fraction of sp³-hybridized carbons (Fsp3) is 0.304. The van der Waals surface area contributed by atoms with Crippen molar-refractivity contribution in [2.24, 2.45) is 0 Å². The molecule has 0 aliphatic heterocycles. The molecule has 0 fully saturated rings. The van der Waals surface area contributed by atoms with Crippen LogP contribution in [0.25, 0.3) is 0 Å². The minimum absolute atomic E-state index is 0.0136. The predicted molar refractivity (Wildman–Crippen MR) is 430 cm³/mol. The van der Waals surface area contributed by atoms with Gasteiger partial charge in [0, 0.05) is 70.8 Å². The number of rotatable bonds is 51. The van der Waals surface area contributed by atoms with Crippen molar-refractivity contribution in [1.29, 1.82) is 0 Å². The molecule has 4 N–H and O–H groups in total. The highest BCUT2D eigenvalue weighted by Crippen LogP contribution is 2.52. The van der Waals surface area contributed by atoms with E-state index in [-0.39, 0.29) is 98.1 Å². The van der Waals surface area contributed by atoms with E-state index in [1.807, 2.05) is 0 Å². The van der Waals surface area contributed by atoms with Crippen LogP contribution in [0.2, 0.25) is 0 Å². The number of ether oxygens (including phenoxy) is 12. The average molecular weight is 1590 g/mol. The van der Waals surface area contributed by atoms with Crippen LogP contribution in [-0.2, 0) is 49.3 Å². The fourth-order valence-electron chi connectivity index (χ4n) is 12.2. The summed E-state index contributed by atoms with van der Waals surface area (Å²) in [5.74, 6) is -7.97. The molecule has 8 aromatic rings. The van der Waals surface area contributed by atoms with E-state index in [2.05, 4.69) is 26.3 Å². The van der Waals surface area contributed by atoms with Gasteiger partial charge in [0.2, 0.25) is 0 Å². The van der Waals surface area contributed by atoms with Crippen molar-refractivity contribution >= 4 is 47.8 Å². The third kappa shape index (κ3) is 26.8. The standard InChI is InChI=1S/C92H98O24/c1-5-81(93)109-57-33-13-9-29-53-105-69-45-49-73(77(61-69)113-87(99)65-37-21-17-22-38-65)91(103,74-50-46-70(106-54-30-10-14-34-58-110-82(94)6-2)62-78(74)114-88(100)66-39-23-18-24-40-66)85(97)86(98)92(104,75-51-47-71(107-55-31-11-15-35-59-111-83(95)7-3)63-79(75)115-89(101)67-41-25-19-26-42-67)76-52-48-72(108-56-32-12-16-36-60-112-84(96)8-4)64-80(76)116-90(102)68-43-27-20-28-44-68/h5-8,17-28,37-52,61-64,85-86,97-98,103-104H,1-4,9-16,29-36,53-60H2/t85-,86-/m1/s1. The molecule has 0 saturated heterocycles. The molecule has 24 nitrogen and oxygen atoms in total. The monoisotopic (exact) mass is 1590 g/mol. The van der Waals surface area contributed by atoms with Gasteiger partial charge in [0.25, 0.3) is 0 Å². The minimum atomic E-state index is -3.36. The summed E-state index contributed by atoms with van der Waals surface area (Å²) in [6, 6.07) is 46.6. The van der Waals surface area contributed by atoms with E-state index in [1.165, 1.54) is 121 Å². The number of hydrogen-bond acceptors (Lipinski definition) is 24. The Bertz CT molecular complexity index is 4000. The molecule has 0 saturated carbocycles. The zero-order valence-electron chi connectivity index (χ0n) is 64.7. The van der Waals surface area contributed by atoms with Gasteiger partial charge in [-0.3, -0.25) is 0 Å². The number of carbonyl (C=O) groups is 8. The Morgan fingerprint density at radius 3 is 0.655 bits per heavy atom. The minimum Gasteiger partial charge on any atom is -0.493 e. The molecule has 0 aliphatic carbocycles. The van der Waals surface area contributed by atoms with Crippen LogP contribution in [0.1, 0.15) is 166 Å². The highest BCUT2D eigenvalue weighted by atomic mass is 16.6. The molecule has 0 aromatic heterocycles. The molecule has 0 amide bonds. The lowest BCUT2D eigenvalue weighted by molar-refractivity contribution is -0.168. The number of esters is 8. The van der Waals surface area contributed by atoms with Crippen molar-refractivity contribution in [3.05, 3.63) is 289 Å². The quantitative estimate of drug-likeness (QED) is 0.00904.